The third-order valence-electron chi connectivity index (χ3n) is 2.73. The van der Waals surface area contributed by atoms with Crippen LogP contribution in [0.2, 0.25) is 0 Å². The van der Waals surface area contributed by atoms with Gasteiger partial charge in [-0.15, -0.1) is 11.3 Å². The average molecular weight is 285 g/mol. The van der Waals surface area contributed by atoms with Crippen molar-refractivity contribution in [3.8, 4) is 0 Å². The van der Waals surface area contributed by atoms with Crippen molar-refractivity contribution in [1.82, 2.24) is 15.2 Å². The van der Waals surface area contributed by atoms with Gasteiger partial charge in [-0.25, -0.2) is 9.78 Å². The number of nitrogens with one attached hydrogen (secondary N) is 1. The van der Waals surface area contributed by atoms with E-state index < -0.39 is 11.9 Å². The van der Waals surface area contributed by atoms with Gasteiger partial charge in [-0.1, -0.05) is 6.92 Å². The molecule has 0 radical (unpaired) electrons. The van der Waals surface area contributed by atoms with Crippen molar-refractivity contribution < 1.29 is 14.7 Å². The number of aliphatic carboxylic acids is 1. The molecule has 0 fully saturated rings. The second-order valence-corrected chi connectivity index (χ2v) is 4.96. The number of amides is 2. The van der Waals surface area contributed by atoms with E-state index in [0.717, 1.165) is 5.69 Å². The molecule has 2 amide bonds. The molecule has 0 aliphatic heterocycles. The highest BCUT2D eigenvalue weighted by Crippen LogP contribution is 2.02. The first-order valence-corrected chi connectivity index (χ1v) is 7.11. The van der Waals surface area contributed by atoms with Gasteiger partial charge in [0.25, 0.3) is 0 Å². The van der Waals surface area contributed by atoms with E-state index in [-0.39, 0.29) is 12.6 Å². The second-order valence-electron chi connectivity index (χ2n) is 4.24. The van der Waals surface area contributed by atoms with Crippen LogP contribution in [0.25, 0.3) is 0 Å². The van der Waals surface area contributed by atoms with Gasteiger partial charge in [0.05, 0.1) is 17.1 Å². The first-order valence-electron chi connectivity index (χ1n) is 6.17. The highest BCUT2D eigenvalue weighted by Gasteiger charge is 2.18. The summed E-state index contributed by atoms with van der Waals surface area (Å²) in [5.41, 5.74) is 2.71. The Balaban J connectivity index is 2.34. The zero-order valence-corrected chi connectivity index (χ0v) is 11.9. The van der Waals surface area contributed by atoms with Crippen LogP contribution in [0.15, 0.2) is 10.9 Å². The molecule has 106 valence electrons. The van der Waals surface area contributed by atoms with Crippen LogP contribution in [-0.2, 0) is 11.2 Å². The summed E-state index contributed by atoms with van der Waals surface area (Å²) in [5, 5.41) is 13.6. The predicted molar refractivity (Wildman–Crippen MR) is 73.3 cm³/mol. The molecule has 7 heteroatoms. The molecule has 0 aromatic carbocycles. The highest BCUT2D eigenvalue weighted by molar-refractivity contribution is 7.07. The molecule has 1 atom stereocenters. The summed E-state index contributed by atoms with van der Waals surface area (Å²) >= 11 is 1.52. The lowest BCUT2D eigenvalue weighted by Gasteiger charge is -2.23. The lowest BCUT2D eigenvalue weighted by molar-refractivity contribution is -0.141. The van der Waals surface area contributed by atoms with Gasteiger partial charge in [0.2, 0.25) is 0 Å². The van der Waals surface area contributed by atoms with E-state index in [1.807, 2.05) is 12.3 Å². The Morgan fingerprint density at radius 1 is 1.58 bits per heavy atom. The van der Waals surface area contributed by atoms with E-state index in [1.54, 1.807) is 12.4 Å². The number of aromatic nitrogens is 1. The van der Waals surface area contributed by atoms with Crippen molar-refractivity contribution in [2.75, 3.05) is 19.6 Å². The fourth-order valence-corrected chi connectivity index (χ4v) is 2.13. The van der Waals surface area contributed by atoms with Crippen LogP contribution >= 0.6 is 11.3 Å². The summed E-state index contributed by atoms with van der Waals surface area (Å²) < 4.78 is 0. The first kappa shape index (κ1) is 15.4. The van der Waals surface area contributed by atoms with Crippen LogP contribution < -0.4 is 5.32 Å². The van der Waals surface area contributed by atoms with Gasteiger partial charge in [-0.05, 0) is 6.92 Å². The Kier molecular flexibility index (Phi) is 6.27. The molecule has 0 saturated carbocycles. The Bertz CT molecular complexity index is 408. The molecule has 0 spiro atoms. The highest BCUT2D eigenvalue weighted by atomic mass is 32.1. The summed E-state index contributed by atoms with van der Waals surface area (Å²) in [6, 6.07) is -0.231. The minimum Gasteiger partial charge on any atom is -0.481 e. The molecule has 1 aromatic rings. The summed E-state index contributed by atoms with van der Waals surface area (Å²) in [4.78, 5) is 28.3. The monoisotopic (exact) mass is 285 g/mol. The maximum atomic E-state index is 11.9. The number of carbonyl (C=O) groups is 2. The SMILES string of the molecule is CCN(CC(C)C(=O)O)C(=O)NCCc1cscn1. The maximum absolute atomic E-state index is 11.9. The third-order valence-corrected chi connectivity index (χ3v) is 3.36. The molecule has 1 rings (SSSR count). The number of carboxylic acid groups (broad SMARTS) is 1. The average Bonchev–Trinajstić information content (AvgIpc) is 2.88. The minimum absolute atomic E-state index is 0.217. The van der Waals surface area contributed by atoms with Gasteiger partial charge in [-0.3, -0.25) is 4.79 Å². The summed E-state index contributed by atoms with van der Waals surface area (Å²) in [6.07, 6.45) is 0.682. The number of thiazole rings is 1. The zero-order valence-electron chi connectivity index (χ0n) is 11.1. The number of hydrogen-bond donors (Lipinski definition) is 2. The van der Waals surface area contributed by atoms with Crippen molar-refractivity contribution in [2.45, 2.75) is 20.3 Å². The largest absolute Gasteiger partial charge is 0.481 e. The fourth-order valence-electron chi connectivity index (χ4n) is 1.53. The Hall–Kier alpha value is -1.63. The van der Waals surface area contributed by atoms with Gasteiger partial charge in [0, 0.05) is 31.4 Å². The maximum Gasteiger partial charge on any atom is 0.317 e. The standard InChI is InChI=1S/C12H19N3O3S/c1-3-15(6-9(2)11(16)17)12(18)13-5-4-10-7-19-8-14-10/h7-9H,3-6H2,1-2H3,(H,13,18)(H,16,17). The number of nitrogens with zero attached hydrogens (tertiary/aromatic N) is 2. The Morgan fingerprint density at radius 2 is 2.32 bits per heavy atom. The number of carbonyl (C=O) groups excluding carboxylic acids is 1. The van der Waals surface area contributed by atoms with Crippen molar-refractivity contribution in [3.05, 3.63) is 16.6 Å². The Labute approximate surface area is 116 Å². The van der Waals surface area contributed by atoms with Crippen LogP contribution in [0.3, 0.4) is 0 Å². The summed E-state index contributed by atoms with van der Waals surface area (Å²) in [6.45, 7) is 4.62. The van der Waals surface area contributed by atoms with Crippen LogP contribution in [0.1, 0.15) is 19.5 Å². The molecule has 2 N–H and O–H groups in total. The van der Waals surface area contributed by atoms with Gasteiger partial charge in [0.1, 0.15) is 0 Å². The smallest absolute Gasteiger partial charge is 0.317 e. The van der Waals surface area contributed by atoms with E-state index in [4.69, 9.17) is 5.11 Å². The van der Waals surface area contributed by atoms with E-state index in [0.29, 0.717) is 19.5 Å². The molecule has 0 bridgehead atoms. The van der Waals surface area contributed by atoms with Crippen molar-refractivity contribution in [3.63, 3.8) is 0 Å². The quantitative estimate of drug-likeness (QED) is 0.794. The molecular formula is C12H19N3O3S. The molecular weight excluding hydrogens is 266 g/mol. The Morgan fingerprint density at radius 3 is 2.84 bits per heavy atom. The lowest BCUT2D eigenvalue weighted by Crippen LogP contribution is -2.43. The molecule has 6 nitrogen and oxygen atoms in total. The zero-order chi connectivity index (χ0) is 14.3. The van der Waals surface area contributed by atoms with Crippen molar-refractivity contribution in [2.24, 2.45) is 5.92 Å². The molecule has 0 aliphatic carbocycles. The van der Waals surface area contributed by atoms with Gasteiger partial charge >= 0.3 is 12.0 Å². The van der Waals surface area contributed by atoms with E-state index in [9.17, 15) is 9.59 Å². The molecule has 19 heavy (non-hydrogen) atoms. The van der Waals surface area contributed by atoms with Gasteiger partial charge in [0.15, 0.2) is 0 Å². The molecule has 1 unspecified atom stereocenters. The third kappa shape index (κ3) is 5.25. The van der Waals surface area contributed by atoms with Gasteiger partial charge in [-0.2, -0.15) is 0 Å². The number of carboxylic acids is 1. The first-order chi connectivity index (χ1) is 9.04. The van der Waals surface area contributed by atoms with Crippen LogP contribution in [0.5, 0.6) is 0 Å². The lowest BCUT2D eigenvalue weighted by atomic mass is 10.2. The van der Waals surface area contributed by atoms with Crippen molar-refractivity contribution in [1.29, 1.82) is 0 Å². The number of rotatable bonds is 7. The summed E-state index contributed by atoms with van der Waals surface area (Å²) in [7, 11) is 0. The minimum atomic E-state index is -0.895. The second kappa shape index (κ2) is 7.73. The fraction of sp³-hybridized carbons (Fsp3) is 0.583. The predicted octanol–water partition coefficient (Wildman–Crippen LogP) is 1.44. The van der Waals surface area contributed by atoms with E-state index in [2.05, 4.69) is 10.3 Å². The summed E-state index contributed by atoms with van der Waals surface area (Å²) in [5.74, 6) is -1.46. The van der Waals surface area contributed by atoms with Crippen molar-refractivity contribution >= 4 is 23.3 Å². The normalized spacial score (nSPS) is 11.9. The molecule has 1 heterocycles. The van der Waals surface area contributed by atoms with Gasteiger partial charge < -0.3 is 15.3 Å². The van der Waals surface area contributed by atoms with Crippen LogP contribution in [-0.4, -0.2) is 46.6 Å². The molecule has 1 aromatic heterocycles. The number of urea groups is 1. The number of hydrogen-bond acceptors (Lipinski definition) is 4. The topological polar surface area (TPSA) is 82.5 Å². The molecule has 0 saturated heterocycles. The van der Waals surface area contributed by atoms with Crippen LogP contribution in [0, 0.1) is 5.92 Å². The van der Waals surface area contributed by atoms with E-state index >= 15 is 0 Å². The molecule has 0 aliphatic rings. The van der Waals surface area contributed by atoms with Crippen LogP contribution in [0.4, 0.5) is 4.79 Å². The van der Waals surface area contributed by atoms with E-state index in [1.165, 1.54) is 16.2 Å².